The maximum atomic E-state index is 13.4. The van der Waals surface area contributed by atoms with E-state index in [9.17, 15) is 8.78 Å². The van der Waals surface area contributed by atoms with E-state index >= 15 is 0 Å². The molecule has 0 spiro atoms. The maximum absolute atomic E-state index is 13.4. The van der Waals surface area contributed by atoms with Gasteiger partial charge in [-0.3, -0.25) is 0 Å². The molecule has 0 saturated heterocycles. The van der Waals surface area contributed by atoms with E-state index in [1.54, 1.807) is 6.92 Å². The van der Waals surface area contributed by atoms with E-state index < -0.39 is 17.7 Å². The summed E-state index contributed by atoms with van der Waals surface area (Å²) < 4.78 is 37.0. The third kappa shape index (κ3) is 1.63. The van der Waals surface area contributed by atoms with Crippen molar-refractivity contribution in [2.45, 2.75) is 13.0 Å². The summed E-state index contributed by atoms with van der Waals surface area (Å²) in [5.41, 5.74) is 5.60. The first-order valence-electron chi connectivity index (χ1n) is 4.64. The van der Waals surface area contributed by atoms with Crippen molar-refractivity contribution < 1.29 is 18.3 Å². The van der Waals surface area contributed by atoms with Crippen molar-refractivity contribution in [3.8, 4) is 11.5 Å². The van der Waals surface area contributed by atoms with Gasteiger partial charge in [-0.1, -0.05) is 0 Å². The zero-order chi connectivity index (χ0) is 11.0. The van der Waals surface area contributed by atoms with Gasteiger partial charge in [0.15, 0.2) is 23.1 Å². The summed E-state index contributed by atoms with van der Waals surface area (Å²) in [4.78, 5) is 0. The molecule has 0 amide bonds. The molecule has 1 heterocycles. The molecule has 3 nitrogen and oxygen atoms in total. The number of fused-ring (bicyclic) bond motifs is 1. The number of benzene rings is 1. The molecule has 0 aliphatic carbocycles. The number of hydrogen-bond acceptors (Lipinski definition) is 3. The molecule has 1 aromatic rings. The summed E-state index contributed by atoms with van der Waals surface area (Å²) in [5.74, 6) is -1.50. The molecule has 1 aromatic carbocycles. The third-order valence-corrected chi connectivity index (χ3v) is 2.22. The minimum Gasteiger partial charge on any atom is -0.486 e. The van der Waals surface area contributed by atoms with Crippen LogP contribution in [0.2, 0.25) is 0 Å². The summed E-state index contributed by atoms with van der Waals surface area (Å²) in [6.45, 7) is 2.21. The summed E-state index contributed by atoms with van der Waals surface area (Å²) in [6.07, 6.45) is 0. The zero-order valence-electron chi connectivity index (χ0n) is 8.22. The SMILES string of the molecule is CC(N)c1c(F)c(F)cc2c1OCCO2. The number of hydrogen-bond donors (Lipinski definition) is 1. The van der Waals surface area contributed by atoms with Gasteiger partial charge in [0.25, 0.3) is 0 Å². The van der Waals surface area contributed by atoms with Crippen LogP contribution in [0.5, 0.6) is 11.5 Å². The van der Waals surface area contributed by atoms with Gasteiger partial charge >= 0.3 is 0 Å². The van der Waals surface area contributed by atoms with Crippen LogP contribution in [0, 0.1) is 11.6 Å². The molecule has 15 heavy (non-hydrogen) atoms. The first-order valence-corrected chi connectivity index (χ1v) is 4.64. The first-order chi connectivity index (χ1) is 7.11. The predicted octanol–water partition coefficient (Wildman–Crippen LogP) is 1.76. The number of rotatable bonds is 1. The van der Waals surface area contributed by atoms with Crippen LogP contribution in [0.4, 0.5) is 8.78 Å². The van der Waals surface area contributed by atoms with E-state index in [0.717, 1.165) is 6.07 Å². The molecule has 5 heteroatoms. The van der Waals surface area contributed by atoms with Crippen LogP contribution < -0.4 is 15.2 Å². The Labute approximate surface area is 85.8 Å². The van der Waals surface area contributed by atoms with Crippen LogP contribution in [0.25, 0.3) is 0 Å². The van der Waals surface area contributed by atoms with Gasteiger partial charge in [0.05, 0.1) is 5.56 Å². The van der Waals surface area contributed by atoms with Gasteiger partial charge in [-0.15, -0.1) is 0 Å². The summed E-state index contributed by atoms with van der Waals surface area (Å²) in [7, 11) is 0. The van der Waals surface area contributed by atoms with E-state index in [-0.39, 0.29) is 17.1 Å². The van der Waals surface area contributed by atoms with Crippen molar-refractivity contribution in [3.05, 3.63) is 23.3 Å². The Hall–Kier alpha value is -1.36. The second kappa shape index (κ2) is 3.66. The number of ether oxygens (including phenoxy) is 2. The normalized spacial score (nSPS) is 16.3. The molecular weight excluding hydrogens is 204 g/mol. The van der Waals surface area contributed by atoms with Crippen molar-refractivity contribution in [2.75, 3.05) is 13.2 Å². The molecule has 1 unspecified atom stereocenters. The minimum atomic E-state index is -0.966. The standard InChI is InChI=1S/C10H11F2NO2/c1-5(13)8-9(12)6(11)4-7-10(8)15-3-2-14-7/h4-5H,2-3,13H2,1H3. The molecule has 1 aliphatic rings. The topological polar surface area (TPSA) is 44.5 Å². The minimum absolute atomic E-state index is 0.0321. The molecule has 1 aliphatic heterocycles. The Morgan fingerprint density at radius 3 is 2.67 bits per heavy atom. The fraction of sp³-hybridized carbons (Fsp3) is 0.400. The highest BCUT2D eigenvalue weighted by molar-refractivity contribution is 5.50. The van der Waals surface area contributed by atoms with Crippen molar-refractivity contribution in [1.82, 2.24) is 0 Å². The Morgan fingerprint density at radius 2 is 2.00 bits per heavy atom. The van der Waals surface area contributed by atoms with E-state index in [0.29, 0.717) is 13.2 Å². The van der Waals surface area contributed by atoms with Gasteiger partial charge in [-0.2, -0.15) is 0 Å². The second-order valence-electron chi connectivity index (χ2n) is 3.40. The van der Waals surface area contributed by atoms with Crippen LogP contribution in [0.1, 0.15) is 18.5 Å². The fourth-order valence-electron chi connectivity index (χ4n) is 1.56. The quantitative estimate of drug-likeness (QED) is 0.776. The zero-order valence-corrected chi connectivity index (χ0v) is 8.22. The average Bonchev–Trinajstić information content (AvgIpc) is 2.19. The van der Waals surface area contributed by atoms with E-state index in [1.165, 1.54) is 0 Å². The van der Waals surface area contributed by atoms with Crippen LogP contribution in [-0.4, -0.2) is 13.2 Å². The average molecular weight is 215 g/mol. The van der Waals surface area contributed by atoms with Gasteiger partial charge in [0.1, 0.15) is 13.2 Å². The lowest BCUT2D eigenvalue weighted by atomic mass is 10.1. The molecule has 0 saturated carbocycles. The lowest BCUT2D eigenvalue weighted by molar-refractivity contribution is 0.166. The Kier molecular flexibility index (Phi) is 2.48. The highest BCUT2D eigenvalue weighted by Gasteiger charge is 2.25. The third-order valence-electron chi connectivity index (χ3n) is 2.22. The van der Waals surface area contributed by atoms with Crippen LogP contribution in [0.15, 0.2) is 6.07 Å². The van der Waals surface area contributed by atoms with Gasteiger partial charge < -0.3 is 15.2 Å². The molecule has 2 N–H and O–H groups in total. The Balaban J connectivity index is 2.63. The van der Waals surface area contributed by atoms with Crippen molar-refractivity contribution in [3.63, 3.8) is 0 Å². The summed E-state index contributed by atoms with van der Waals surface area (Å²) >= 11 is 0. The second-order valence-corrected chi connectivity index (χ2v) is 3.40. The molecule has 0 fully saturated rings. The number of halogens is 2. The van der Waals surface area contributed by atoms with E-state index in [2.05, 4.69) is 0 Å². The van der Waals surface area contributed by atoms with Crippen molar-refractivity contribution in [1.29, 1.82) is 0 Å². The molecule has 0 aromatic heterocycles. The predicted molar refractivity (Wildman–Crippen MR) is 50.0 cm³/mol. The van der Waals surface area contributed by atoms with Crippen LogP contribution in [0.3, 0.4) is 0 Å². The van der Waals surface area contributed by atoms with Gasteiger partial charge in [-0.25, -0.2) is 8.78 Å². The Bertz CT molecular complexity index is 393. The first kappa shape index (κ1) is 10.2. The highest BCUT2D eigenvalue weighted by Crippen LogP contribution is 2.39. The van der Waals surface area contributed by atoms with Gasteiger partial charge in [-0.05, 0) is 6.92 Å². The smallest absolute Gasteiger partial charge is 0.169 e. The van der Waals surface area contributed by atoms with Crippen LogP contribution >= 0.6 is 0 Å². The maximum Gasteiger partial charge on any atom is 0.169 e. The van der Waals surface area contributed by atoms with Crippen molar-refractivity contribution >= 4 is 0 Å². The lowest BCUT2D eigenvalue weighted by Gasteiger charge is -2.23. The van der Waals surface area contributed by atoms with Gasteiger partial charge in [0, 0.05) is 12.1 Å². The number of nitrogens with two attached hydrogens (primary N) is 1. The Morgan fingerprint density at radius 1 is 1.33 bits per heavy atom. The summed E-state index contributed by atoms with van der Waals surface area (Å²) in [5, 5.41) is 0. The fourth-order valence-corrected chi connectivity index (χ4v) is 1.56. The highest BCUT2D eigenvalue weighted by atomic mass is 19.2. The van der Waals surface area contributed by atoms with Gasteiger partial charge in [0.2, 0.25) is 0 Å². The largest absolute Gasteiger partial charge is 0.486 e. The van der Waals surface area contributed by atoms with Crippen molar-refractivity contribution in [2.24, 2.45) is 5.73 Å². The molecule has 1 atom stereocenters. The monoisotopic (exact) mass is 215 g/mol. The molecular formula is C10H11F2NO2. The summed E-state index contributed by atoms with van der Waals surface area (Å²) in [6, 6.07) is 0.339. The molecule has 2 rings (SSSR count). The van der Waals surface area contributed by atoms with E-state index in [1.807, 2.05) is 0 Å². The molecule has 82 valence electrons. The lowest BCUT2D eigenvalue weighted by Crippen LogP contribution is -2.20. The molecule has 0 bridgehead atoms. The van der Waals surface area contributed by atoms with E-state index in [4.69, 9.17) is 15.2 Å². The molecule has 0 radical (unpaired) electrons. The van der Waals surface area contributed by atoms with Crippen LogP contribution in [-0.2, 0) is 0 Å².